The maximum absolute atomic E-state index is 13.0. The zero-order valence-electron chi connectivity index (χ0n) is 19.6. The number of amides is 3. The van der Waals surface area contributed by atoms with Crippen LogP contribution in [0, 0.1) is 0 Å². The van der Waals surface area contributed by atoms with E-state index in [1.165, 1.54) is 11.8 Å². The molecule has 1 aliphatic heterocycles. The van der Waals surface area contributed by atoms with E-state index in [1.54, 1.807) is 0 Å². The molecule has 4 atom stereocenters. The van der Waals surface area contributed by atoms with Crippen LogP contribution >= 0.6 is 11.8 Å². The fourth-order valence-corrected chi connectivity index (χ4v) is 4.04. The average molecular weight is 518 g/mol. The van der Waals surface area contributed by atoms with Crippen molar-refractivity contribution in [1.29, 1.82) is 0 Å². The lowest BCUT2D eigenvalue weighted by atomic mass is 10.1. The summed E-state index contributed by atoms with van der Waals surface area (Å²) in [4.78, 5) is 66.1. The Hall–Kier alpha value is -3.07. The van der Waals surface area contributed by atoms with Crippen molar-refractivity contribution < 1.29 is 34.2 Å². The van der Waals surface area contributed by atoms with Crippen molar-refractivity contribution in [2.24, 2.45) is 22.2 Å². The largest absolute Gasteiger partial charge is 0.481 e. The summed E-state index contributed by atoms with van der Waals surface area (Å²) >= 11 is 1.43. The number of nitrogens with two attached hydrogens (primary N) is 3. The Labute approximate surface area is 207 Å². The van der Waals surface area contributed by atoms with Crippen molar-refractivity contribution in [2.75, 3.05) is 25.1 Å². The van der Waals surface area contributed by atoms with Gasteiger partial charge in [-0.15, -0.1) is 0 Å². The van der Waals surface area contributed by atoms with Gasteiger partial charge >= 0.3 is 11.9 Å². The summed E-state index contributed by atoms with van der Waals surface area (Å²) in [6.07, 6.45) is 2.65. The first-order valence-electron chi connectivity index (χ1n) is 11.1. The van der Waals surface area contributed by atoms with E-state index in [0.717, 1.165) is 4.90 Å². The molecule has 1 fully saturated rings. The van der Waals surface area contributed by atoms with E-state index in [9.17, 15) is 34.2 Å². The Kier molecular flexibility index (Phi) is 12.9. The van der Waals surface area contributed by atoms with E-state index in [4.69, 9.17) is 17.2 Å². The predicted octanol–water partition coefficient (Wildman–Crippen LogP) is -2.36. The van der Waals surface area contributed by atoms with Crippen LogP contribution in [0.4, 0.5) is 0 Å². The maximum Gasteiger partial charge on any atom is 0.326 e. The van der Waals surface area contributed by atoms with Gasteiger partial charge in [0.1, 0.15) is 18.1 Å². The van der Waals surface area contributed by atoms with Crippen LogP contribution in [0.2, 0.25) is 0 Å². The number of thioether (sulfide) groups is 1. The van der Waals surface area contributed by atoms with E-state index in [2.05, 4.69) is 15.6 Å². The van der Waals surface area contributed by atoms with Gasteiger partial charge in [0.25, 0.3) is 0 Å². The van der Waals surface area contributed by atoms with Gasteiger partial charge in [-0.1, -0.05) is 0 Å². The Balaban J connectivity index is 2.89. The van der Waals surface area contributed by atoms with Crippen LogP contribution in [-0.2, 0) is 24.0 Å². The molecule has 1 saturated heterocycles. The number of hydrogen-bond acceptors (Lipinski definition) is 8. The molecule has 0 radical (unpaired) electrons. The quantitative estimate of drug-likeness (QED) is 0.0688. The van der Waals surface area contributed by atoms with Crippen molar-refractivity contribution in [3.8, 4) is 0 Å². The highest BCUT2D eigenvalue weighted by atomic mass is 32.2. The second kappa shape index (κ2) is 15.0. The van der Waals surface area contributed by atoms with Gasteiger partial charge in [0.05, 0.1) is 12.5 Å². The van der Waals surface area contributed by atoms with Gasteiger partial charge in [-0.3, -0.25) is 24.2 Å². The van der Waals surface area contributed by atoms with Crippen LogP contribution in [-0.4, -0.2) is 100.0 Å². The summed E-state index contributed by atoms with van der Waals surface area (Å²) in [5.41, 5.74) is 16.4. The van der Waals surface area contributed by atoms with Gasteiger partial charge in [-0.25, -0.2) is 4.79 Å². The zero-order chi connectivity index (χ0) is 26.5. The molecular formula is C20H35N7O7S. The lowest BCUT2D eigenvalue weighted by Gasteiger charge is -2.28. The molecule has 10 N–H and O–H groups in total. The van der Waals surface area contributed by atoms with Crippen molar-refractivity contribution in [2.45, 2.75) is 62.7 Å². The SMILES string of the molecule is CSCCC(NC(=O)C(N)CCCN=C(N)N)C(=O)NC(CC(=O)O)C(=O)N1CCCC1C(=O)O. The molecule has 1 heterocycles. The number of carboxylic acids is 2. The Morgan fingerprint density at radius 1 is 1.09 bits per heavy atom. The Bertz CT molecular complexity index is 807. The van der Waals surface area contributed by atoms with Crippen LogP contribution in [0.3, 0.4) is 0 Å². The summed E-state index contributed by atoms with van der Waals surface area (Å²) in [6, 6.07) is -4.58. The molecule has 1 rings (SSSR count). The van der Waals surface area contributed by atoms with E-state index in [0.29, 0.717) is 18.6 Å². The highest BCUT2D eigenvalue weighted by molar-refractivity contribution is 7.98. The van der Waals surface area contributed by atoms with Gasteiger partial charge in [0, 0.05) is 13.1 Å². The lowest BCUT2D eigenvalue weighted by Crippen LogP contribution is -2.57. The molecule has 0 aromatic rings. The van der Waals surface area contributed by atoms with Crippen LogP contribution in [0.1, 0.15) is 38.5 Å². The predicted molar refractivity (Wildman–Crippen MR) is 129 cm³/mol. The smallest absolute Gasteiger partial charge is 0.326 e. The number of carboxylic acid groups (broad SMARTS) is 2. The van der Waals surface area contributed by atoms with Gasteiger partial charge in [-0.05, 0) is 44.1 Å². The average Bonchev–Trinajstić information content (AvgIpc) is 3.28. The summed E-state index contributed by atoms with van der Waals surface area (Å²) < 4.78 is 0. The van der Waals surface area contributed by atoms with Gasteiger partial charge in [0.15, 0.2) is 5.96 Å². The van der Waals surface area contributed by atoms with E-state index in [-0.39, 0.29) is 38.3 Å². The van der Waals surface area contributed by atoms with E-state index >= 15 is 0 Å². The van der Waals surface area contributed by atoms with Gasteiger partial charge in [0.2, 0.25) is 17.7 Å². The standard InChI is InChI=1S/C20H35N7O7S/c1-35-9-6-12(25-16(30)11(21)4-2-7-24-20(22)23)17(31)26-13(10-15(28)29)18(32)27-8-3-5-14(27)19(33)34/h11-14H,2-10,21H2,1H3,(H,25,30)(H,26,31)(H,28,29)(H,33,34)(H4,22,23,24). The molecule has 14 nitrogen and oxygen atoms in total. The zero-order valence-corrected chi connectivity index (χ0v) is 20.5. The van der Waals surface area contributed by atoms with Crippen LogP contribution < -0.4 is 27.8 Å². The van der Waals surface area contributed by atoms with E-state index in [1.807, 2.05) is 6.26 Å². The number of likely N-dealkylation sites (tertiary alicyclic amines) is 1. The molecule has 15 heteroatoms. The number of rotatable bonds is 15. The summed E-state index contributed by atoms with van der Waals surface area (Å²) in [7, 11) is 0. The molecule has 1 aliphatic rings. The molecule has 0 spiro atoms. The summed E-state index contributed by atoms with van der Waals surface area (Å²) in [6.45, 7) is 0.426. The highest BCUT2D eigenvalue weighted by Crippen LogP contribution is 2.19. The molecule has 0 aromatic carbocycles. The normalized spacial score (nSPS) is 17.7. The number of carbonyl (C=O) groups excluding carboxylic acids is 3. The number of nitrogens with zero attached hydrogens (tertiary/aromatic N) is 2. The molecule has 0 bridgehead atoms. The summed E-state index contributed by atoms with van der Waals surface area (Å²) in [5, 5.41) is 23.5. The first-order valence-corrected chi connectivity index (χ1v) is 12.5. The van der Waals surface area contributed by atoms with Crippen LogP contribution in [0.15, 0.2) is 4.99 Å². The van der Waals surface area contributed by atoms with Gasteiger partial charge < -0.3 is 42.9 Å². The second-order valence-corrected chi connectivity index (χ2v) is 9.07. The maximum atomic E-state index is 13.0. The molecule has 0 saturated carbocycles. The third-order valence-corrected chi connectivity index (χ3v) is 6.01. The Morgan fingerprint density at radius 3 is 2.31 bits per heavy atom. The third kappa shape index (κ3) is 10.4. The number of aliphatic imine (C=N–C) groups is 1. The molecule has 0 aromatic heterocycles. The van der Waals surface area contributed by atoms with Crippen LogP contribution in [0.5, 0.6) is 0 Å². The first-order chi connectivity index (χ1) is 16.5. The minimum absolute atomic E-state index is 0.0779. The van der Waals surface area contributed by atoms with Crippen molar-refractivity contribution >= 4 is 47.4 Å². The van der Waals surface area contributed by atoms with Gasteiger partial charge in [-0.2, -0.15) is 11.8 Å². The van der Waals surface area contributed by atoms with Crippen molar-refractivity contribution in [3.05, 3.63) is 0 Å². The Morgan fingerprint density at radius 2 is 1.74 bits per heavy atom. The second-order valence-electron chi connectivity index (χ2n) is 8.08. The lowest BCUT2D eigenvalue weighted by molar-refractivity contribution is -0.150. The third-order valence-electron chi connectivity index (χ3n) is 5.36. The molecule has 4 unspecified atom stereocenters. The molecule has 0 aliphatic carbocycles. The summed E-state index contributed by atoms with van der Waals surface area (Å²) in [5.74, 6) is -4.28. The topological polar surface area (TPSA) is 244 Å². The highest BCUT2D eigenvalue weighted by Gasteiger charge is 2.39. The first kappa shape index (κ1) is 30.0. The number of aliphatic carboxylic acids is 2. The number of nitrogens with one attached hydrogen (secondary N) is 2. The van der Waals surface area contributed by atoms with Crippen molar-refractivity contribution in [1.82, 2.24) is 15.5 Å². The number of hydrogen-bond donors (Lipinski definition) is 7. The fraction of sp³-hybridized carbons (Fsp3) is 0.700. The molecule has 198 valence electrons. The molecule has 35 heavy (non-hydrogen) atoms. The monoisotopic (exact) mass is 517 g/mol. The fourth-order valence-electron chi connectivity index (χ4n) is 3.57. The molecule has 3 amide bonds. The molecular weight excluding hydrogens is 482 g/mol. The minimum Gasteiger partial charge on any atom is -0.481 e. The van der Waals surface area contributed by atoms with E-state index < -0.39 is 60.2 Å². The number of guanidine groups is 1. The number of carbonyl (C=O) groups is 5. The van der Waals surface area contributed by atoms with Crippen molar-refractivity contribution in [3.63, 3.8) is 0 Å². The van der Waals surface area contributed by atoms with Crippen LogP contribution in [0.25, 0.3) is 0 Å². The minimum atomic E-state index is -1.48.